The van der Waals surface area contributed by atoms with Gasteiger partial charge in [0.1, 0.15) is 0 Å². The molecule has 5 nitrogen and oxygen atoms in total. The summed E-state index contributed by atoms with van der Waals surface area (Å²) in [6.45, 7) is 3.85. The number of hydrogen-bond donors (Lipinski definition) is 1. The Kier molecular flexibility index (Phi) is 6.59. The fraction of sp³-hybridized carbons (Fsp3) is 0.529. The lowest BCUT2D eigenvalue weighted by Crippen LogP contribution is -2.43. The molecule has 2 rings (SSSR count). The molecule has 1 saturated heterocycles. The van der Waals surface area contributed by atoms with Crippen molar-refractivity contribution < 1.29 is 14.3 Å². The molecule has 1 fully saturated rings. The van der Waals surface area contributed by atoms with E-state index in [1.807, 2.05) is 31.2 Å². The van der Waals surface area contributed by atoms with E-state index in [4.69, 9.17) is 4.74 Å². The van der Waals surface area contributed by atoms with Crippen molar-refractivity contribution in [2.24, 2.45) is 5.92 Å². The van der Waals surface area contributed by atoms with Gasteiger partial charge in [-0.3, -0.25) is 14.5 Å². The van der Waals surface area contributed by atoms with E-state index >= 15 is 0 Å². The third-order valence-electron chi connectivity index (χ3n) is 4.24. The van der Waals surface area contributed by atoms with Crippen molar-refractivity contribution >= 4 is 27.8 Å². The molecule has 1 aliphatic rings. The fourth-order valence-electron chi connectivity index (χ4n) is 2.82. The van der Waals surface area contributed by atoms with Crippen molar-refractivity contribution in [3.8, 4) is 0 Å². The molecule has 1 aromatic rings. The van der Waals surface area contributed by atoms with Crippen molar-refractivity contribution in [3.63, 3.8) is 0 Å². The van der Waals surface area contributed by atoms with Crippen molar-refractivity contribution in [1.29, 1.82) is 0 Å². The Morgan fingerprint density at radius 3 is 2.48 bits per heavy atom. The van der Waals surface area contributed by atoms with Gasteiger partial charge in [0.15, 0.2) is 0 Å². The molecule has 126 valence electrons. The number of ether oxygens (including phenoxy) is 1. The van der Waals surface area contributed by atoms with Gasteiger partial charge < -0.3 is 10.1 Å². The van der Waals surface area contributed by atoms with Crippen LogP contribution in [0.1, 0.15) is 31.4 Å². The molecule has 0 radical (unpaired) electrons. The lowest BCUT2D eigenvalue weighted by molar-refractivity contribution is -0.147. The Hall–Kier alpha value is -1.40. The Morgan fingerprint density at radius 1 is 1.30 bits per heavy atom. The van der Waals surface area contributed by atoms with E-state index in [1.54, 1.807) is 0 Å². The minimum Gasteiger partial charge on any atom is -0.469 e. The number of methoxy groups -OCH3 is 1. The molecule has 1 aromatic carbocycles. The molecule has 0 unspecified atom stereocenters. The maximum absolute atomic E-state index is 12.2. The molecule has 1 atom stereocenters. The number of carbonyl (C=O) groups is 2. The van der Waals surface area contributed by atoms with Gasteiger partial charge in [-0.25, -0.2) is 0 Å². The number of carbonyl (C=O) groups excluding carboxylic acids is 2. The van der Waals surface area contributed by atoms with Crippen LogP contribution in [-0.2, 0) is 14.3 Å². The van der Waals surface area contributed by atoms with Crippen LogP contribution in [0.25, 0.3) is 0 Å². The molecular formula is C17H23BrN2O3. The molecule has 0 saturated carbocycles. The summed E-state index contributed by atoms with van der Waals surface area (Å²) in [4.78, 5) is 25.8. The Labute approximate surface area is 145 Å². The van der Waals surface area contributed by atoms with Crippen LogP contribution >= 0.6 is 15.9 Å². The summed E-state index contributed by atoms with van der Waals surface area (Å²) in [6, 6.07) is 7.90. The van der Waals surface area contributed by atoms with Crippen molar-refractivity contribution in [3.05, 3.63) is 34.3 Å². The van der Waals surface area contributed by atoms with Gasteiger partial charge >= 0.3 is 5.97 Å². The van der Waals surface area contributed by atoms with E-state index in [0.717, 1.165) is 36.0 Å². The molecule has 1 aliphatic heterocycles. The number of nitrogens with one attached hydrogen (secondary N) is 1. The van der Waals surface area contributed by atoms with Gasteiger partial charge in [-0.05, 0) is 50.6 Å². The Bertz CT molecular complexity index is 539. The summed E-state index contributed by atoms with van der Waals surface area (Å²) < 4.78 is 5.80. The highest BCUT2D eigenvalue weighted by Crippen LogP contribution is 2.19. The van der Waals surface area contributed by atoms with Crippen LogP contribution in [0.4, 0.5) is 0 Å². The van der Waals surface area contributed by atoms with Crippen LogP contribution in [0.3, 0.4) is 0 Å². The molecule has 1 amide bonds. The lowest BCUT2D eigenvalue weighted by Gasteiger charge is -2.30. The number of nitrogens with zero attached hydrogens (tertiary/aromatic N) is 1. The number of halogens is 1. The summed E-state index contributed by atoms with van der Waals surface area (Å²) in [5.41, 5.74) is 1.07. The van der Waals surface area contributed by atoms with Crippen LogP contribution in [0.5, 0.6) is 0 Å². The molecular weight excluding hydrogens is 360 g/mol. The number of esters is 1. The zero-order valence-corrected chi connectivity index (χ0v) is 15.1. The van der Waals surface area contributed by atoms with Crippen molar-refractivity contribution in [1.82, 2.24) is 10.2 Å². The first-order valence-electron chi connectivity index (χ1n) is 7.84. The first-order chi connectivity index (χ1) is 11.0. The van der Waals surface area contributed by atoms with Crippen LogP contribution in [0.2, 0.25) is 0 Å². The predicted molar refractivity (Wildman–Crippen MR) is 91.9 cm³/mol. The minimum atomic E-state index is -0.141. The molecule has 0 aromatic heterocycles. The number of benzene rings is 1. The highest BCUT2D eigenvalue weighted by molar-refractivity contribution is 9.10. The topological polar surface area (TPSA) is 58.6 Å². The summed E-state index contributed by atoms with van der Waals surface area (Å²) in [6.07, 6.45) is 1.50. The number of amides is 1. The van der Waals surface area contributed by atoms with Crippen molar-refractivity contribution in [2.45, 2.75) is 25.8 Å². The number of hydrogen-bond acceptors (Lipinski definition) is 4. The highest BCUT2D eigenvalue weighted by atomic mass is 79.9. The SMILES string of the molecule is COC(=O)C1CCN(CC(=O)N[C@@H](C)c2ccc(Br)cc2)CC1. The average molecular weight is 383 g/mol. The second-order valence-electron chi connectivity index (χ2n) is 5.91. The predicted octanol–water partition coefficient (Wildman–Crippen LogP) is 2.51. The maximum atomic E-state index is 12.2. The first kappa shape index (κ1) is 17.9. The summed E-state index contributed by atoms with van der Waals surface area (Å²) in [5, 5.41) is 3.02. The van der Waals surface area contributed by atoms with E-state index in [-0.39, 0.29) is 23.8 Å². The van der Waals surface area contributed by atoms with E-state index in [9.17, 15) is 9.59 Å². The molecule has 1 N–H and O–H groups in total. The summed E-state index contributed by atoms with van der Waals surface area (Å²) >= 11 is 3.40. The normalized spacial score (nSPS) is 17.5. The summed E-state index contributed by atoms with van der Waals surface area (Å²) in [7, 11) is 1.42. The third-order valence-corrected chi connectivity index (χ3v) is 4.77. The first-order valence-corrected chi connectivity index (χ1v) is 8.64. The monoisotopic (exact) mass is 382 g/mol. The van der Waals surface area contributed by atoms with E-state index in [0.29, 0.717) is 6.54 Å². The fourth-order valence-corrected chi connectivity index (χ4v) is 3.08. The summed E-state index contributed by atoms with van der Waals surface area (Å²) in [5.74, 6) is -0.157. The molecule has 0 aliphatic carbocycles. The molecule has 6 heteroatoms. The van der Waals surface area contributed by atoms with E-state index in [2.05, 4.69) is 26.1 Å². The van der Waals surface area contributed by atoms with Gasteiger partial charge in [-0.1, -0.05) is 28.1 Å². The smallest absolute Gasteiger partial charge is 0.308 e. The number of piperidine rings is 1. The second-order valence-corrected chi connectivity index (χ2v) is 6.83. The van der Waals surface area contributed by atoms with Gasteiger partial charge in [-0.2, -0.15) is 0 Å². The Morgan fingerprint density at radius 2 is 1.91 bits per heavy atom. The minimum absolute atomic E-state index is 0.0111. The lowest BCUT2D eigenvalue weighted by atomic mass is 9.97. The third kappa shape index (κ3) is 5.32. The molecule has 23 heavy (non-hydrogen) atoms. The van der Waals surface area contributed by atoms with Crippen LogP contribution < -0.4 is 5.32 Å². The van der Waals surface area contributed by atoms with Gasteiger partial charge in [0.05, 0.1) is 25.6 Å². The van der Waals surface area contributed by atoms with Gasteiger partial charge in [-0.15, -0.1) is 0 Å². The highest BCUT2D eigenvalue weighted by Gasteiger charge is 2.26. The molecule has 0 bridgehead atoms. The van der Waals surface area contributed by atoms with Crippen LogP contribution in [-0.4, -0.2) is 43.5 Å². The second kappa shape index (κ2) is 8.45. The van der Waals surface area contributed by atoms with Crippen molar-refractivity contribution in [2.75, 3.05) is 26.7 Å². The zero-order valence-electron chi connectivity index (χ0n) is 13.5. The largest absolute Gasteiger partial charge is 0.469 e. The van der Waals surface area contributed by atoms with E-state index < -0.39 is 0 Å². The zero-order chi connectivity index (χ0) is 16.8. The van der Waals surface area contributed by atoms with Gasteiger partial charge in [0, 0.05) is 4.47 Å². The average Bonchev–Trinajstić information content (AvgIpc) is 2.55. The Balaban J connectivity index is 1.77. The van der Waals surface area contributed by atoms with E-state index in [1.165, 1.54) is 7.11 Å². The van der Waals surface area contributed by atoms with Crippen LogP contribution in [0, 0.1) is 5.92 Å². The van der Waals surface area contributed by atoms with Crippen LogP contribution in [0.15, 0.2) is 28.7 Å². The standard InChI is InChI=1S/C17H23BrN2O3/c1-12(13-3-5-15(18)6-4-13)19-16(21)11-20-9-7-14(8-10-20)17(22)23-2/h3-6,12,14H,7-11H2,1-2H3,(H,19,21)/t12-/m0/s1. The number of likely N-dealkylation sites (tertiary alicyclic amines) is 1. The number of rotatable bonds is 5. The quantitative estimate of drug-likeness (QED) is 0.794. The molecule has 1 heterocycles. The molecule has 0 spiro atoms. The van der Waals surface area contributed by atoms with Gasteiger partial charge in [0.25, 0.3) is 0 Å². The van der Waals surface area contributed by atoms with Gasteiger partial charge in [0.2, 0.25) is 5.91 Å². The maximum Gasteiger partial charge on any atom is 0.308 e.